The third-order valence-electron chi connectivity index (χ3n) is 3.41. The molecule has 0 bridgehead atoms. The summed E-state index contributed by atoms with van der Waals surface area (Å²) in [5.74, 6) is 1.79. The highest BCUT2D eigenvalue weighted by Gasteiger charge is 2.19. The van der Waals surface area contributed by atoms with Crippen LogP contribution < -0.4 is 10.6 Å². The van der Waals surface area contributed by atoms with Crippen LogP contribution in [0.3, 0.4) is 0 Å². The average Bonchev–Trinajstić information content (AvgIpc) is 2.82. The van der Waals surface area contributed by atoms with Gasteiger partial charge in [-0.2, -0.15) is 0 Å². The van der Waals surface area contributed by atoms with Gasteiger partial charge in [0.25, 0.3) is 0 Å². The van der Waals surface area contributed by atoms with E-state index in [0.717, 1.165) is 24.4 Å². The lowest BCUT2D eigenvalue weighted by atomic mass is 10.1. The van der Waals surface area contributed by atoms with Crippen molar-refractivity contribution in [2.45, 2.75) is 65.6 Å². The number of carbonyl (C=O) groups excluding carboxylic acids is 1. The maximum atomic E-state index is 12.0. The average molecular weight is 266 g/mol. The Morgan fingerprint density at radius 1 is 1.26 bits per heavy atom. The molecule has 0 aromatic carbocycles. The van der Waals surface area contributed by atoms with Crippen molar-refractivity contribution in [3.63, 3.8) is 0 Å². The van der Waals surface area contributed by atoms with E-state index in [9.17, 15) is 4.79 Å². The first kappa shape index (κ1) is 15.8. The molecular formula is C15H26N2O2. The van der Waals surface area contributed by atoms with E-state index in [-0.39, 0.29) is 24.0 Å². The van der Waals surface area contributed by atoms with E-state index < -0.39 is 0 Å². The van der Waals surface area contributed by atoms with Gasteiger partial charge in [0.05, 0.1) is 12.1 Å². The van der Waals surface area contributed by atoms with Crippen LogP contribution in [-0.2, 0) is 4.79 Å². The predicted molar refractivity (Wildman–Crippen MR) is 77.0 cm³/mol. The van der Waals surface area contributed by atoms with Crippen LogP contribution in [0.2, 0.25) is 0 Å². The summed E-state index contributed by atoms with van der Waals surface area (Å²) in [6.07, 6.45) is 1.92. The lowest BCUT2D eigenvalue weighted by molar-refractivity contribution is -0.123. The first-order chi connectivity index (χ1) is 8.97. The van der Waals surface area contributed by atoms with Crippen molar-refractivity contribution in [1.29, 1.82) is 0 Å². The SMILES string of the molecule is CCC(CC)NC(=O)C(C)NC(C)c1ccc(C)o1. The topological polar surface area (TPSA) is 54.3 Å². The molecule has 1 aromatic heterocycles. The number of amides is 1. The van der Waals surface area contributed by atoms with Crippen molar-refractivity contribution in [1.82, 2.24) is 10.6 Å². The van der Waals surface area contributed by atoms with E-state index in [1.54, 1.807) is 0 Å². The number of furan rings is 1. The molecule has 2 N–H and O–H groups in total. The Balaban J connectivity index is 2.49. The zero-order valence-corrected chi connectivity index (χ0v) is 12.6. The molecule has 0 spiro atoms. The Morgan fingerprint density at radius 3 is 2.37 bits per heavy atom. The fraction of sp³-hybridized carbons (Fsp3) is 0.667. The van der Waals surface area contributed by atoms with Crippen LogP contribution in [0, 0.1) is 6.92 Å². The number of nitrogens with one attached hydrogen (secondary N) is 2. The first-order valence-corrected chi connectivity index (χ1v) is 7.10. The van der Waals surface area contributed by atoms with Crippen LogP contribution in [0.5, 0.6) is 0 Å². The van der Waals surface area contributed by atoms with Gasteiger partial charge in [0.2, 0.25) is 5.91 Å². The first-order valence-electron chi connectivity index (χ1n) is 7.10. The van der Waals surface area contributed by atoms with Crippen LogP contribution in [0.4, 0.5) is 0 Å². The van der Waals surface area contributed by atoms with Crippen LogP contribution in [0.15, 0.2) is 16.5 Å². The third kappa shape index (κ3) is 4.71. The lowest BCUT2D eigenvalue weighted by Crippen LogP contribution is -2.46. The fourth-order valence-electron chi connectivity index (χ4n) is 2.04. The van der Waals surface area contributed by atoms with E-state index in [4.69, 9.17) is 4.42 Å². The van der Waals surface area contributed by atoms with Crippen LogP contribution in [0.25, 0.3) is 0 Å². The number of rotatable bonds is 7. The van der Waals surface area contributed by atoms with Crippen LogP contribution >= 0.6 is 0 Å². The molecule has 0 saturated carbocycles. The van der Waals surface area contributed by atoms with Crippen molar-refractivity contribution >= 4 is 5.91 Å². The molecular weight excluding hydrogens is 240 g/mol. The standard InChI is InChI=1S/C15H26N2O2/c1-6-13(7-2)17-15(18)12(5)16-11(4)14-9-8-10(3)19-14/h8-9,11-13,16H,6-7H2,1-5H3,(H,17,18). The summed E-state index contributed by atoms with van der Waals surface area (Å²) < 4.78 is 5.56. The van der Waals surface area contributed by atoms with E-state index in [1.807, 2.05) is 32.9 Å². The van der Waals surface area contributed by atoms with E-state index >= 15 is 0 Å². The summed E-state index contributed by atoms with van der Waals surface area (Å²) >= 11 is 0. The van der Waals surface area contributed by atoms with Gasteiger partial charge >= 0.3 is 0 Å². The molecule has 0 saturated heterocycles. The molecule has 1 aromatic rings. The lowest BCUT2D eigenvalue weighted by Gasteiger charge is -2.21. The number of hydrogen-bond donors (Lipinski definition) is 2. The third-order valence-corrected chi connectivity index (χ3v) is 3.41. The van der Waals surface area contributed by atoms with Gasteiger partial charge in [0, 0.05) is 6.04 Å². The van der Waals surface area contributed by atoms with Gasteiger partial charge in [-0.15, -0.1) is 0 Å². The van der Waals surface area contributed by atoms with Gasteiger partial charge in [0.15, 0.2) is 0 Å². The minimum Gasteiger partial charge on any atom is -0.465 e. The van der Waals surface area contributed by atoms with Crippen LogP contribution in [0.1, 0.15) is 58.1 Å². The second-order valence-electron chi connectivity index (χ2n) is 5.08. The number of aryl methyl sites for hydroxylation is 1. The smallest absolute Gasteiger partial charge is 0.237 e. The normalized spacial score (nSPS) is 14.4. The maximum absolute atomic E-state index is 12.0. The van der Waals surface area contributed by atoms with Crippen molar-refractivity contribution in [2.75, 3.05) is 0 Å². The molecule has 0 aliphatic carbocycles. The van der Waals surface area contributed by atoms with E-state index in [2.05, 4.69) is 24.5 Å². The molecule has 0 radical (unpaired) electrons. The molecule has 0 fully saturated rings. The minimum atomic E-state index is -0.235. The molecule has 1 rings (SSSR count). The Labute approximate surface area is 116 Å². The van der Waals surface area contributed by atoms with Gasteiger partial charge in [-0.05, 0) is 45.7 Å². The van der Waals surface area contributed by atoms with Gasteiger partial charge < -0.3 is 9.73 Å². The predicted octanol–water partition coefficient (Wildman–Crippen LogP) is 2.93. The fourth-order valence-corrected chi connectivity index (χ4v) is 2.04. The summed E-state index contributed by atoms with van der Waals surface area (Å²) in [6, 6.07) is 3.93. The van der Waals surface area contributed by atoms with Crippen molar-refractivity contribution in [3.05, 3.63) is 23.7 Å². The van der Waals surface area contributed by atoms with Crippen molar-refractivity contribution < 1.29 is 9.21 Å². The zero-order valence-electron chi connectivity index (χ0n) is 12.6. The Hall–Kier alpha value is -1.29. The molecule has 0 aliphatic rings. The highest BCUT2D eigenvalue weighted by atomic mass is 16.3. The monoisotopic (exact) mass is 266 g/mol. The quantitative estimate of drug-likeness (QED) is 0.798. The molecule has 4 nitrogen and oxygen atoms in total. The number of carbonyl (C=O) groups is 1. The second-order valence-corrected chi connectivity index (χ2v) is 5.08. The molecule has 0 aliphatic heterocycles. The highest BCUT2D eigenvalue weighted by molar-refractivity contribution is 5.81. The maximum Gasteiger partial charge on any atom is 0.237 e. The summed E-state index contributed by atoms with van der Waals surface area (Å²) in [6.45, 7) is 9.96. The Kier molecular flexibility index (Phi) is 6.09. The summed E-state index contributed by atoms with van der Waals surface area (Å²) in [4.78, 5) is 12.0. The van der Waals surface area contributed by atoms with Gasteiger partial charge in [0.1, 0.15) is 11.5 Å². The molecule has 2 atom stereocenters. The summed E-state index contributed by atoms with van der Waals surface area (Å²) in [7, 11) is 0. The zero-order chi connectivity index (χ0) is 14.4. The molecule has 4 heteroatoms. The van der Waals surface area contributed by atoms with Crippen molar-refractivity contribution in [3.8, 4) is 0 Å². The molecule has 1 amide bonds. The van der Waals surface area contributed by atoms with Crippen molar-refractivity contribution in [2.24, 2.45) is 0 Å². The largest absolute Gasteiger partial charge is 0.465 e. The Bertz CT molecular complexity index is 397. The molecule has 19 heavy (non-hydrogen) atoms. The van der Waals surface area contributed by atoms with Gasteiger partial charge in [-0.3, -0.25) is 10.1 Å². The summed E-state index contributed by atoms with van der Waals surface area (Å²) in [5, 5.41) is 6.30. The van der Waals surface area contributed by atoms with Gasteiger partial charge in [-0.25, -0.2) is 0 Å². The second kappa shape index (κ2) is 7.34. The van der Waals surface area contributed by atoms with E-state index in [0.29, 0.717) is 0 Å². The van der Waals surface area contributed by atoms with Gasteiger partial charge in [-0.1, -0.05) is 13.8 Å². The molecule has 1 heterocycles. The summed E-state index contributed by atoms with van der Waals surface area (Å²) in [5.41, 5.74) is 0. The van der Waals surface area contributed by atoms with E-state index in [1.165, 1.54) is 0 Å². The minimum absolute atomic E-state index is 0.0242. The Morgan fingerprint density at radius 2 is 1.89 bits per heavy atom. The van der Waals surface area contributed by atoms with Crippen LogP contribution in [-0.4, -0.2) is 18.0 Å². The molecule has 108 valence electrons. The molecule has 2 unspecified atom stereocenters. The highest BCUT2D eigenvalue weighted by Crippen LogP contribution is 2.16. The number of hydrogen-bond acceptors (Lipinski definition) is 3.